The smallest absolute Gasteiger partial charge is 0.226 e. The Morgan fingerprint density at radius 2 is 1.76 bits per heavy atom. The Morgan fingerprint density at radius 3 is 2.41 bits per heavy atom. The molecule has 10 heteroatoms. The predicted octanol–water partition coefficient (Wildman–Crippen LogP) is 5.87. The van der Waals surface area contributed by atoms with Crippen LogP contribution < -0.4 is 10.2 Å². The van der Waals surface area contributed by atoms with Gasteiger partial charge in [-0.2, -0.15) is 0 Å². The molecule has 4 rings (SSSR count). The number of amides is 1. The highest BCUT2D eigenvalue weighted by atomic mass is 35.5. The average molecular weight is 577 g/mol. The van der Waals surface area contributed by atoms with Crippen LogP contribution in [0, 0.1) is 0 Å². The SMILES string of the molecule is CCS(=O)(=O)c1ccc(CC(=O)NC2SC(N(C)c3ccccc3Cl)=C(c3cccc(Cl)c3)N2C)cc1. The summed E-state index contributed by atoms with van der Waals surface area (Å²) in [6.07, 6.45) is 0.125. The van der Waals surface area contributed by atoms with Crippen molar-refractivity contribution in [2.45, 2.75) is 23.7 Å². The molecule has 0 fully saturated rings. The van der Waals surface area contributed by atoms with Crippen LogP contribution in [0.15, 0.2) is 82.7 Å². The topological polar surface area (TPSA) is 69.7 Å². The largest absolute Gasteiger partial charge is 0.343 e. The number of nitrogens with zero attached hydrogens (tertiary/aromatic N) is 2. The summed E-state index contributed by atoms with van der Waals surface area (Å²) in [5.74, 6) is -0.145. The van der Waals surface area contributed by atoms with E-state index in [0.29, 0.717) is 10.0 Å². The zero-order valence-electron chi connectivity index (χ0n) is 20.6. The van der Waals surface area contributed by atoms with Crippen molar-refractivity contribution < 1.29 is 13.2 Å². The molecule has 0 aromatic heterocycles. The molecule has 1 heterocycles. The molecule has 194 valence electrons. The summed E-state index contributed by atoms with van der Waals surface area (Å²) in [7, 11) is 0.580. The molecule has 0 spiro atoms. The lowest BCUT2D eigenvalue weighted by Gasteiger charge is -2.25. The minimum atomic E-state index is -3.28. The molecule has 1 N–H and O–H groups in total. The van der Waals surface area contributed by atoms with Gasteiger partial charge in [-0.15, -0.1) is 0 Å². The Kier molecular flexibility index (Phi) is 8.43. The number of sulfone groups is 1. The number of rotatable bonds is 8. The van der Waals surface area contributed by atoms with Gasteiger partial charge in [0, 0.05) is 24.7 Å². The van der Waals surface area contributed by atoms with Gasteiger partial charge in [-0.3, -0.25) is 4.79 Å². The molecule has 1 amide bonds. The number of anilines is 1. The van der Waals surface area contributed by atoms with Crippen LogP contribution in [0.3, 0.4) is 0 Å². The molecular weight excluding hydrogens is 549 g/mol. The van der Waals surface area contributed by atoms with Crippen LogP contribution in [0.2, 0.25) is 10.0 Å². The van der Waals surface area contributed by atoms with E-state index in [9.17, 15) is 13.2 Å². The first-order valence-electron chi connectivity index (χ1n) is 11.6. The van der Waals surface area contributed by atoms with Crippen LogP contribution >= 0.6 is 35.0 Å². The number of para-hydroxylation sites is 1. The second-order valence-corrected chi connectivity index (χ2v) is 12.7. The Hall–Kier alpha value is -2.65. The van der Waals surface area contributed by atoms with Gasteiger partial charge in [-0.05, 0) is 42.0 Å². The molecule has 0 bridgehead atoms. The number of nitrogens with one attached hydrogen (secondary N) is 1. The fourth-order valence-corrected chi connectivity index (χ4v) is 6.66. The third-order valence-electron chi connectivity index (χ3n) is 6.06. The van der Waals surface area contributed by atoms with Crippen LogP contribution in [0.4, 0.5) is 5.69 Å². The number of benzene rings is 3. The van der Waals surface area contributed by atoms with Crippen molar-refractivity contribution in [2.24, 2.45) is 0 Å². The third kappa shape index (κ3) is 6.09. The molecular formula is C27H27Cl2N3O3S2. The Morgan fingerprint density at radius 1 is 1.05 bits per heavy atom. The van der Waals surface area contributed by atoms with E-state index >= 15 is 0 Å². The summed E-state index contributed by atoms with van der Waals surface area (Å²) >= 11 is 14.3. The molecule has 3 aromatic rings. The van der Waals surface area contributed by atoms with Crippen molar-refractivity contribution in [2.75, 3.05) is 24.7 Å². The van der Waals surface area contributed by atoms with Gasteiger partial charge < -0.3 is 15.1 Å². The van der Waals surface area contributed by atoms with Gasteiger partial charge in [0.1, 0.15) is 5.03 Å². The molecule has 1 aliphatic heterocycles. The van der Waals surface area contributed by atoms with Crippen LogP contribution in [0.5, 0.6) is 0 Å². The van der Waals surface area contributed by atoms with E-state index in [1.807, 2.05) is 72.4 Å². The number of carbonyl (C=O) groups excluding carboxylic acids is 1. The standard InChI is InChI=1S/C27H27Cl2N3O3S2/c1-4-37(34,35)21-14-12-18(13-15-21)16-24(33)30-27-32(3)25(19-8-7-9-20(28)17-19)26(36-27)31(2)23-11-6-5-10-22(23)29/h5-15,17,27H,4,16H2,1-3H3,(H,30,33). The summed E-state index contributed by atoms with van der Waals surface area (Å²) in [6, 6.07) is 21.6. The summed E-state index contributed by atoms with van der Waals surface area (Å²) in [4.78, 5) is 17.3. The molecule has 1 aliphatic rings. The van der Waals surface area contributed by atoms with Crippen molar-refractivity contribution >= 4 is 62.1 Å². The Balaban J connectivity index is 1.56. The van der Waals surface area contributed by atoms with Crippen molar-refractivity contribution in [3.05, 3.63) is 99.0 Å². The average Bonchev–Trinajstić information content (AvgIpc) is 3.19. The molecule has 0 aliphatic carbocycles. The molecule has 0 saturated carbocycles. The van der Waals surface area contributed by atoms with E-state index in [1.165, 1.54) is 11.8 Å². The van der Waals surface area contributed by atoms with Gasteiger partial charge in [-0.25, -0.2) is 8.42 Å². The molecule has 6 nitrogen and oxygen atoms in total. The second-order valence-electron chi connectivity index (χ2n) is 8.55. The first kappa shape index (κ1) is 27.4. The minimum Gasteiger partial charge on any atom is -0.343 e. The Bertz CT molecular complexity index is 1440. The van der Waals surface area contributed by atoms with Gasteiger partial charge in [0.05, 0.1) is 33.5 Å². The van der Waals surface area contributed by atoms with Crippen LogP contribution in [0.1, 0.15) is 18.1 Å². The van der Waals surface area contributed by atoms with Crippen molar-refractivity contribution in [1.29, 1.82) is 0 Å². The molecule has 1 unspecified atom stereocenters. The van der Waals surface area contributed by atoms with Gasteiger partial charge in [0.15, 0.2) is 15.3 Å². The first-order valence-corrected chi connectivity index (χ1v) is 14.9. The number of hydrogen-bond donors (Lipinski definition) is 1. The number of halogens is 2. The molecule has 1 atom stereocenters. The summed E-state index contributed by atoms with van der Waals surface area (Å²) in [5.41, 5.74) is 3.03. The lowest BCUT2D eigenvalue weighted by Crippen LogP contribution is -2.41. The fraction of sp³-hybridized carbons (Fsp3) is 0.222. The molecule has 37 heavy (non-hydrogen) atoms. The van der Waals surface area contributed by atoms with E-state index in [0.717, 1.165) is 27.5 Å². The van der Waals surface area contributed by atoms with E-state index in [4.69, 9.17) is 23.2 Å². The van der Waals surface area contributed by atoms with Crippen molar-refractivity contribution in [3.63, 3.8) is 0 Å². The monoisotopic (exact) mass is 575 g/mol. The highest BCUT2D eigenvalue weighted by Crippen LogP contribution is 2.45. The summed E-state index contributed by atoms with van der Waals surface area (Å²) in [5, 5.41) is 5.24. The Labute approximate surface area is 232 Å². The lowest BCUT2D eigenvalue weighted by atomic mass is 10.1. The maximum atomic E-state index is 13.0. The number of thioether (sulfide) groups is 1. The van der Waals surface area contributed by atoms with Gasteiger partial charge in [0.25, 0.3) is 0 Å². The minimum absolute atomic E-state index is 0.0327. The summed E-state index contributed by atoms with van der Waals surface area (Å²) in [6.45, 7) is 1.61. The zero-order valence-corrected chi connectivity index (χ0v) is 23.8. The maximum absolute atomic E-state index is 13.0. The van der Waals surface area contributed by atoms with Crippen LogP contribution in [0.25, 0.3) is 5.70 Å². The normalized spacial score (nSPS) is 15.7. The lowest BCUT2D eigenvalue weighted by molar-refractivity contribution is -0.121. The molecule has 0 radical (unpaired) electrons. The van der Waals surface area contributed by atoms with Crippen molar-refractivity contribution in [1.82, 2.24) is 10.2 Å². The van der Waals surface area contributed by atoms with E-state index in [2.05, 4.69) is 5.32 Å². The highest BCUT2D eigenvalue weighted by molar-refractivity contribution is 8.04. The van der Waals surface area contributed by atoms with Gasteiger partial charge in [-0.1, -0.05) is 78.3 Å². The third-order valence-corrected chi connectivity index (χ3v) is 9.71. The first-order chi connectivity index (χ1) is 17.6. The number of hydrogen-bond acceptors (Lipinski definition) is 6. The van der Waals surface area contributed by atoms with Crippen LogP contribution in [-0.2, 0) is 21.1 Å². The van der Waals surface area contributed by atoms with Crippen LogP contribution in [-0.4, -0.2) is 44.6 Å². The fourth-order valence-electron chi connectivity index (χ4n) is 4.02. The van der Waals surface area contributed by atoms with Gasteiger partial charge in [0.2, 0.25) is 5.91 Å². The van der Waals surface area contributed by atoms with E-state index in [-0.39, 0.29) is 28.5 Å². The molecule has 0 saturated heterocycles. The summed E-state index contributed by atoms with van der Waals surface area (Å²) < 4.78 is 24.1. The highest BCUT2D eigenvalue weighted by Gasteiger charge is 2.34. The van der Waals surface area contributed by atoms with E-state index in [1.54, 1.807) is 31.2 Å². The quantitative estimate of drug-likeness (QED) is 0.362. The predicted molar refractivity (Wildman–Crippen MR) is 153 cm³/mol. The molecule has 3 aromatic carbocycles. The van der Waals surface area contributed by atoms with Crippen molar-refractivity contribution in [3.8, 4) is 0 Å². The number of carbonyl (C=O) groups is 1. The van der Waals surface area contributed by atoms with E-state index < -0.39 is 9.84 Å². The maximum Gasteiger partial charge on any atom is 0.226 e. The second kappa shape index (κ2) is 11.4. The zero-order chi connectivity index (χ0) is 26.7. The van der Waals surface area contributed by atoms with Gasteiger partial charge >= 0.3 is 0 Å².